The van der Waals surface area contributed by atoms with Gasteiger partial charge in [-0.3, -0.25) is 9.78 Å². The zero-order valence-electron chi connectivity index (χ0n) is 18.8. The summed E-state index contributed by atoms with van der Waals surface area (Å²) in [5, 5.41) is 0.187. The number of pyridine rings is 1. The van der Waals surface area contributed by atoms with Gasteiger partial charge in [0, 0.05) is 37.3 Å². The molecule has 4 aromatic rings. The Morgan fingerprint density at radius 1 is 1.00 bits per heavy atom. The average Bonchev–Trinajstić information content (AvgIpc) is 3.27. The standard InChI is InChI=1S/C25H19F5N4OS/c1-34(13-15-8-10-31-11-9-15)23(35)22-21(16-2-5-18(26)6-3-16)32-24(33-22)36-14-17-4-7-19(27)12-20(17)25(28,29)30/h2-12H,13-14H2,1H3,(H,32,33). The van der Waals surface area contributed by atoms with E-state index in [-0.39, 0.29) is 34.4 Å². The highest BCUT2D eigenvalue weighted by Gasteiger charge is 2.34. The molecule has 11 heteroatoms. The first-order chi connectivity index (χ1) is 17.1. The minimum Gasteiger partial charge on any atom is -0.336 e. The van der Waals surface area contributed by atoms with E-state index in [1.54, 1.807) is 31.6 Å². The van der Waals surface area contributed by atoms with Crippen LogP contribution in [0.4, 0.5) is 22.0 Å². The Hall–Kier alpha value is -3.73. The summed E-state index contributed by atoms with van der Waals surface area (Å²) in [5.74, 6) is -2.05. The number of carbonyl (C=O) groups is 1. The molecule has 2 aromatic carbocycles. The Kier molecular flexibility index (Phi) is 7.39. The molecule has 0 fully saturated rings. The number of halogens is 5. The highest BCUT2D eigenvalue weighted by Crippen LogP contribution is 2.36. The number of thioether (sulfide) groups is 1. The molecule has 186 valence electrons. The topological polar surface area (TPSA) is 61.9 Å². The molecular formula is C25H19F5N4OS. The van der Waals surface area contributed by atoms with Crippen LogP contribution in [0.25, 0.3) is 11.3 Å². The van der Waals surface area contributed by atoms with Crippen molar-refractivity contribution in [1.82, 2.24) is 19.9 Å². The second kappa shape index (κ2) is 10.5. The number of aromatic nitrogens is 3. The van der Waals surface area contributed by atoms with Crippen LogP contribution in [0, 0.1) is 11.6 Å². The third-order valence-electron chi connectivity index (χ3n) is 5.27. The van der Waals surface area contributed by atoms with Gasteiger partial charge in [-0.05, 0) is 59.7 Å². The number of nitrogens with zero attached hydrogens (tertiary/aromatic N) is 3. The van der Waals surface area contributed by atoms with Crippen molar-refractivity contribution in [3.05, 3.63) is 101 Å². The fraction of sp³-hybridized carbons (Fsp3) is 0.160. The molecule has 1 N–H and O–H groups in total. The van der Waals surface area contributed by atoms with Crippen LogP contribution in [-0.2, 0) is 18.5 Å². The van der Waals surface area contributed by atoms with Crippen molar-refractivity contribution >= 4 is 17.7 Å². The van der Waals surface area contributed by atoms with Gasteiger partial charge >= 0.3 is 6.18 Å². The molecule has 36 heavy (non-hydrogen) atoms. The molecular weight excluding hydrogens is 499 g/mol. The number of alkyl halides is 3. The van der Waals surface area contributed by atoms with Gasteiger partial charge in [0.2, 0.25) is 0 Å². The number of hydrogen-bond acceptors (Lipinski definition) is 4. The quantitative estimate of drug-likeness (QED) is 0.229. The molecule has 0 aliphatic rings. The number of hydrogen-bond donors (Lipinski definition) is 1. The van der Waals surface area contributed by atoms with Crippen molar-refractivity contribution < 1.29 is 26.7 Å². The number of benzene rings is 2. The van der Waals surface area contributed by atoms with Crippen molar-refractivity contribution in [2.75, 3.05) is 7.05 Å². The number of nitrogens with one attached hydrogen (secondary N) is 1. The van der Waals surface area contributed by atoms with Crippen molar-refractivity contribution in [3.63, 3.8) is 0 Å². The van der Waals surface area contributed by atoms with Crippen molar-refractivity contribution in [2.24, 2.45) is 0 Å². The number of aromatic amines is 1. The first kappa shape index (κ1) is 25.4. The second-order valence-corrected chi connectivity index (χ2v) is 8.84. The number of amides is 1. The first-order valence-electron chi connectivity index (χ1n) is 10.6. The minimum absolute atomic E-state index is 0.107. The Labute approximate surface area is 207 Å². The van der Waals surface area contributed by atoms with Crippen LogP contribution in [-0.4, -0.2) is 32.8 Å². The minimum atomic E-state index is -4.72. The lowest BCUT2D eigenvalue weighted by Crippen LogP contribution is -2.27. The van der Waals surface area contributed by atoms with E-state index in [9.17, 15) is 26.7 Å². The van der Waals surface area contributed by atoms with E-state index in [0.29, 0.717) is 11.6 Å². The number of H-pyrrole nitrogens is 1. The third kappa shape index (κ3) is 5.91. The van der Waals surface area contributed by atoms with E-state index in [1.807, 2.05) is 0 Å². The van der Waals surface area contributed by atoms with Crippen molar-refractivity contribution in [1.29, 1.82) is 0 Å². The lowest BCUT2D eigenvalue weighted by molar-refractivity contribution is -0.138. The Bertz CT molecular complexity index is 1360. The maximum Gasteiger partial charge on any atom is 0.416 e. The third-order valence-corrected chi connectivity index (χ3v) is 6.19. The van der Waals surface area contributed by atoms with Gasteiger partial charge in [0.1, 0.15) is 23.0 Å². The summed E-state index contributed by atoms with van der Waals surface area (Å²) in [4.78, 5) is 26.0. The van der Waals surface area contributed by atoms with Gasteiger partial charge in [0.15, 0.2) is 5.16 Å². The summed E-state index contributed by atoms with van der Waals surface area (Å²) < 4.78 is 67.0. The highest BCUT2D eigenvalue weighted by molar-refractivity contribution is 7.98. The van der Waals surface area contributed by atoms with Gasteiger partial charge in [-0.1, -0.05) is 17.8 Å². The molecule has 0 atom stereocenters. The summed E-state index contributed by atoms with van der Waals surface area (Å²) in [5.41, 5.74) is 0.437. The van der Waals surface area contributed by atoms with Gasteiger partial charge < -0.3 is 9.88 Å². The summed E-state index contributed by atoms with van der Waals surface area (Å²) in [6, 6.07) is 11.4. The molecule has 2 aromatic heterocycles. The Morgan fingerprint density at radius 2 is 1.67 bits per heavy atom. The van der Waals surface area contributed by atoms with Crippen LogP contribution in [0.15, 0.2) is 72.1 Å². The second-order valence-electron chi connectivity index (χ2n) is 7.88. The van der Waals surface area contributed by atoms with Crippen LogP contribution in [0.5, 0.6) is 0 Å². The molecule has 1 amide bonds. The van der Waals surface area contributed by atoms with Crippen LogP contribution < -0.4 is 0 Å². The van der Waals surface area contributed by atoms with Gasteiger partial charge in [-0.2, -0.15) is 13.2 Å². The molecule has 0 spiro atoms. The zero-order valence-corrected chi connectivity index (χ0v) is 19.6. The summed E-state index contributed by atoms with van der Waals surface area (Å²) in [7, 11) is 1.60. The zero-order chi connectivity index (χ0) is 25.9. The van der Waals surface area contributed by atoms with E-state index in [1.165, 1.54) is 29.2 Å². The van der Waals surface area contributed by atoms with Crippen LogP contribution in [0.3, 0.4) is 0 Å². The van der Waals surface area contributed by atoms with Crippen molar-refractivity contribution in [2.45, 2.75) is 23.6 Å². The molecule has 2 heterocycles. The fourth-order valence-corrected chi connectivity index (χ4v) is 4.37. The lowest BCUT2D eigenvalue weighted by Gasteiger charge is -2.17. The van der Waals surface area contributed by atoms with Crippen LogP contribution >= 0.6 is 11.8 Å². The summed E-state index contributed by atoms with van der Waals surface area (Å²) in [6.07, 6.45) is -1.52. The van der Waals surface area contributed by atoms with E-state index < -0.39 is 29.3 Å². The molecule has 0 saturated heterocycles. The van der Waals surface area contributed by atoms with Crippen LogP contribution in [0.2, 0.25) is 0 Å². The summed E-state index contributed by atoms with van der Waals surface area (Å²) >= 11 is 0.933. The van der Waals surface area contributed by atoms with Crippen molar-refractivity contribution in [3.8, 4) is 11.3 Å². The van der Waals surface area contributed by atoms with Gasteiger partial charge in [0.25, 0.3) is 5.91 Å². The maximum atomic E-state index is 13.5. The van der Waals surface area contributed by atoms with E-state index in [0.717, 1.165) is 29.5 Å². The summed E-state index contributed by atoms with van der Waals surface area (Å²) in [6.45, 7) is 0.274. The molecule has 0 aliphatic carbocycles. The predicted octanol–water partition coefficient (Wildman–Crippen LogP) is 6.33. The Morgan fingerprint density at radius 3 is 2.33 bits per heavy atom. The molecule has 0 bridgehead atoms. The number of imidazole rings is 1. The van der Waals surface area contributed by atoms with E-state index in [4.69, 9.17) is 0 Å². The van der Waals surface area contributed by atoms with Gasteiger partial charge in [-0.15, -0.1) is 0 Å². The first-order valence-corrected chi connectivity index (χ1v) is 11.6. The monoisotopic (exact) mass is 518 g/mol. The van der Waals surface area contributed by atoms with E-state index in [2.05, 4.69) is 15.0 Å². The van der Waals surface area contributed by atoms with E-state index >= 15 is 0 Å². The average molecular weight is 519 g/mol. The fourth-order valence-electron chi connectivity index (χ4n) is 3.50. The lowest BCUT2D eigenvalue weighted by atomic mass is 10.1. The maximum absolute atomic E-state index is 13.5. The smallest absolute Gasteiger partial charge is 0.336 e. The van der Waals surface area contributed by atoms with Crippen LogP contribution in [0.1, 0.15) is 27.2 Å². The largest absolute Gasteiger partial charge is 0.416 e. The highest BCUT2D eigenvalue weighted by atomic mass is 32.2. The SMILES string of the molecule is CN(Cc1ccncc1)C(=O)c1[nH]c(SCc2ccc(F)cc2C(F)(F)F)nc1-c1ccc(F)cc1. The van der Waals surface area contributed by atoms with Gasteiger partial charge in [0.05, 0.1) is 5.56 Å². The molecule has 0 unspecified atom stereocenters. The van der Waals surface area contributed by atoms with Gasteiger partial charge in [-0.25, -0.2) is 13.8 Å². The normalized spacial score (nSPS) is 11.5. The molecule has 0 aliphatic heterocycles. The molecule has 4 rings (SSSR count). The molecule has 0 radical (unpaired) electrons. The Balaban J connectivity index is 1.64. The molecule has 5 nitrogen and oxygen atoms in total. The number of rotatable bonds is 7. The predicted molar refractivity (Wildman–Crippen MR) is 125 cm³/mol. The number of carbonyl (C=O) groups excluding carboxylic acids is 1. The molecule has 0 saturated carbocycles.